The standard InChI is InChI=1S/C54H47N3/c1-4-55-49-16-10-7-13-43(49)46-34-37(25-28-52(46)55)19-22-40-31-41(23-20-38-26-29-53-47(35-38)44-14-8-11-17-50(44)56(53)5-2)33-42(32-40)24-21-39-27-30-54-48(36-39)45-15-9-12-18-51(45)57(54)6-3/h7-35,39H,4-6,36H2,1-3H3/b22-19+,23-20+,24-21+. The van der Waals surface area contributed by atoms with E-state index in [0.717, 1.165) is 26.1 Å². The van der Waals surface area contributed by atoms with Gasteiger partial charge < -0.3 is 13.7 Å². The molecule has 3 heteroatoms. The zero-order valence-electron chi connectivity index (χ0n) is 33.0. The second-order valence-corrected chi connectivity index (χ2v) is 15.4. The smallest absolute Gasteiger partial charge is 0.0491 e. The summed E-state index contributed by atoms with van der Waals surface area (Å²) in [5.41, 5.74) is 15.3. The van der Waals surface area contributed by atoms with E-state index in [1.165, 1.54) is 93.6 Å². The Balaban J connectivity index is 1.00. The van der Waals surface area contributed by atoms with Crippen LogP contribution in [0.3, 0.4) is 0 Å². The topological polar surface area (TPSA) is 14.8 Å². The third kappa shape index (κ3) is 6.15. The first kappa shape index (κ1) is 34.9. The summed E-state index contributed by atoms with van der Waals surface area (Å²) in [7, 11) is 0. The highest BCUT2D eigenvalue weighted by Gasteiger charge is 2.20. The maximum absolute atomic E-state index is 2.45. The SMILES string of the molecule is CCn1c2c(c3ccccc31)CC(/C=C/c1cc(/C=C/c3ccc4c(c3)c3ccccc3n4CC)cc(/C=C/c3ccc4c(c3)c3ccccc3n4CC)c1)C=C2. The van der Waals surface area contributed by atoms with Crippen molar-refractivity contribution in [3.63, 3.8) is 0 Å². The van der Waals surface area contributed by atoms with E-state index in [2.05, 4.69) is 210 Å². The number of nitrogens with zero attached hydrogens (tertiary/aromatic N) is 3. The van der Waals surface area contributed by atoms with Crippen molar-refractivity contribution in [3.05, 3.63) is 179 Å². The van der Waals surface area contributed by atoms with Crippen LogP contribution < -0.4 is 0 Å². The lowest BCUT2D eigenvalue weighted by molar-refractivity contribution is 0.751. The van der Waals surface area contributed by atoms with E-state index in [4.69, 9.17) is 0 Å². The third-order valence-corrected chi connectivity index (χ3v) is 12.1. The molecule has 3 heterocycles. The number of rotatable bonds is 9. The zero-order chi connectivity index (χ0) is 38.5. The fraction of sp³-hybridized carbons (Fsp3) is 0.148. The van der Waals surface area contributed by atoms with Gasteiger partial charge in [-0.05, 0) is 133 Å². The van der Waals surface area contributed by atoms with Crippen LogP contribution in [0.5, 0.6) is 0 Å². The van der Waals surface area contributed by atoms with Crippen LogP contribution in [-0.2, 0) is 26.1 Å². The van der Waals surface area contributed by atoms with E-state index in [1.54, 1.807) is 0 Å². The summed E-state index contributed by atoms with van der Waals surface area (Å²) < 4.78 is 7.28. The molecular weight excluding hydrogens is 691 g/mol. The van der Waals surface area contributed by atoms with Gasteiger partial charge in [0.05, 0.1) is 0 Å². The van der Waals surface area contributed by atoms with E-state index >= 15 is 0 Å². The minimum Gasteiger partial charge on any atom is -0.341 e. The molecule has 1 aliphatic rings. The Kier molecular flexibility index (Phi) is 8.87. The Labute approximate surface area is 334 Å². The summed E-state index contributed by atoms with van der Waals surface area (Å²) in [4.78, 5) is 0. The molecule has 57 heavy (non-hydrogen) atoms. The molecule has 0 amide bonds. The Morgan fingerprint density at radius 1 is 0.439 bits per heavy atom. The van der Waals surface area contributed by atoms with Gasteiger partial charge in [0.2, 0.25) is 0 Å². The van der Waals surface area contributed by atoms with Crippen molar-refractivity contribution in [1.29, 1.82) is 0 Å². The number of allylic oxidation sites excluding steroid dienone is 2. The van der Waals surface area contributed by atoms with E-state index < -0.39 is 0 Å². The third-order valence-electron chi connectivity index (χ3n) is 12.1. The predicted octanol–water partition coefficient (Wildman–Crippen LogP) is 14.2. The molecule has 0 saturated heterocycles. The van der Waals surface area contributed by atoms with Crippen LogP contribution in [0.1, 0.15) is 59.8 Å². The average Bonchev–Trinajstić information content (AvgIpc) is 3.88. The lowest BCUT2D eigenvalue weighted by Gasteiger charge is -2.15. The van der Waals surface area contributed by atoms with Crippen molar-refractivity contribution in [2.75, 3.05) is 0 Å². The normalized spacial score (nSPS) is 14.6. The molecule has 0 fully saturated rings. The number of hydrogen-bond acceptors (Lipinski definition) is 0. The molecule has 0 radical (unpaired) electrons. The van der Waals surface area contributed by atoms with Gasteiger partial charge in [0.15, 0.2) is 0 Å². The van der Waals surface area contributed by atoms with Gasteiger partial charge in [-0.3, -0.25) is 0 Å². The molecule has 0 saturated carbocycles. The first-order chi connectivity index (χ1) is 28.1. The highest BCUT2D eigenvalue weighted by molar-refractivity contribution is 6.10. The van der Waals surface area contributed by atoms with Gasteiger partial charge in [0, 0.05) is 79.8 Å². The minimum atomic E-state index is 0.334. The summed E-state index contributed by atoms with van der Waals surface area (Å²) in [6.45, 7) is 9.57. The molecule has 1 atom stereocenters. The van der Waals surface area contributed by atoms with Crippen LogP contribution >= 0.6 is 0 Å². The Bertz CT molecular complexity index is 2960. The van der Waals surface area contributed by atoms with Gasteiger partial charge in [-0.1, -0.05) is 109 Å². The van der Waals surface area contributed by atoms with Crippen LogP contribution in [0.25, 0.3) is 91.0 Å². The predicted molar refractivity (Wildman–Crippen MR) is 247 cm³/mol. The molecular formula is C54H47N3. The molecule has 278 valence electrons. The number of aryl methyl sites for hydroxylation is 3. The van der Waals surface area contributed by atoms with Gasteiger partial charge in [-0.25, -0.2) is 0 Å². The van der Waals surface area contributed by atoms with Gasteiger partial charge >= 0.3 is 0 Å². The summed E-state index contributed by atoms with van der Waals surface area (Å²) in [6, 6.07) is 47.1. The lowest BCUT2D eigenvalue weighted by Crippen LogP contribution is -2.06. The first-order valence-corrected chi connectivity index (χ1v) is 20.6. The summed E-state index contributed by atoms with van der Waals surface area (Å²) in [5.74, 6) is 0.334. The van der Waals surface area contributed by atoms with E-state index in [0.29, 0.717) is 5.92 Å². The van der Waals surface area contributed by atoms with Crippen LogP contribution in [0.2, 0.25) is 0 Å². The Morgan fingerprint density at radius 3 is 1.40 bits per heavy atom. The number of hydrogen-bond donors (Lipinski definition) is 0. The van der Waals surface area contributed by atoms with Gasteiger partial charge in [0.1, 0.15) is 0 Å². The lowest BCUT2D eigenvalue weighted by atomic mass is 9.91. The molecule has 0 N–H and O–H groups in total. The summed E-state index contributed by atoms with van der Waals surface area (Å²) in [5, 5.41) is 6.61. The molecule has 1 aliphatic carbocycles. The van der Waals surface area contributed by atoms with Crippen LogP contribution in [0.15, 0.2) is 140 Å². The molecule has 9 aromatic rings. The Morgan fingerprint density at radius 2 is 0.877 bits per heavy atom. The van der Waals surface area contributed by atoms with E-state index in [-0.39, 0.29) is 0 Å². The number of para-hydroxylation sites is 3. The number of benzene rings is 6. The monoisotopic (exact) mass is 737 g/mol. The Hall–Kier alpha value is -6.58. The highest BCUT2D eigenvalue weighted by atomic mass is 15.0. The average molecular weight is 738 g/mol. The first-order valence-electron chi connectivity index (χ1n) is 20.6. The van der Waals surface area contributed by atoms with Gasteiger partial charge in [0.25, 0.3) is 0 Å². The van der Waals surface area contributed by atoms with Gasteiger partial charge in [-0.15, -0.1) is 0 Å². The fourth-order valence-corrected chi connectivity index (χ4v) is 9.43. The molecule has 3 nitrogen and oxygen atoms in total. The highest BCUT2D eigenvalue weighted by Crippen LogP contribution is 2.35. The molecule has 0 aliphatic heterocycles. The maximum Gasteiger partial charge on any atom is 0.0491 e. The molecule has 10 rings (SSSR count). The second-order valence-electron chi connectivity index (χ2n) is 15.4. The molecule has 0 bridgehead atoms. The molecule has 0 spiro atoms. The van der Waals surface area contributed by atoms with Crippen molar-refractivity contribution >= 4 is 91.0 Å². The van der Waals surface area contributed by atoms with Crippen LogP contribution in [0.4, 0.5) is 0 Å². The largest absolute Gasteiger partial charge is 0.341 e. The van der Waals surface area contributed by atoms with Crippen molar-refractivity contribution in [3.8, 4) is 0 Å². The summed E-state index contributed by atoms with van der Waals surface area (Å²) >= 11 is 0. The zero-order valence-corrected chi connectivity index (χ0v) is 33.0. The van der Waals surface area contributed by atoms with Gasteiger partial charge in [-0.2, -0.15) is 0 Å². The van der Waals surface area contributed by atoms with Crippen LogP contribution in [-0.4, -0.2) is 13.7 Å². The van der Waals surface area contributed by atoms with Crippen molar-refractivity contribution in [2.45, 2.75) is 46.8 Å². The second kappa shape index (κ2) is 14.5. The molecule has 3 aromatic heterocycles. The van der Waals surface area contributed by atoms with Crippen LogP contribution in [0, 0.1) is 5.92 Å². The summed E-state index contributed by atoms with van der Waals surface area (Å²) in [6.07, 6.45) is 19.5. The maximum atomic E-state index is 2.45. The quantitative estimate of drug-likeness (QED) is 0.131. The van der Waals surface area contributed by atoms with E-state index in [1.807, 2.05) is 0 Å². The number of fused-ring (bicyclic) bond motifs is 9. The van der Waals surface area contributed by atoms with E-state index in [9.17, 15) is 0 Å². The molecule has 6 aromatic carbocycles. The minimum absolute atomic E-state index is 0.334. The van der Waals surface area contributed by atoms with Crippen molar-refractivity contribution in [2.24, 2.45) is 5.92 Å². The molecule has 1 unspecified atom stereocenters. The fourth-order valence-electron chi connectivity index (χ4n) is 9.43. The van der Waals surface area contributed by atoms with Crippen molar-refractivity contribution in [1.82, 2.24) is 13.7 Å². The van der Waals surface area contributed by atoms with Crippen molar-refractivity contribution < 1.29 is 0 Å². The number of aromatic nitrogens is 3.